The molecule has 4 nitrogen and oxygen atoms in total. The molecule has 5 aliphatic rings. The first-order valence-corrected chi connectivity index (χ1v) is 14.8. The van der Waals surface area contributed by atoms with E-state index in [1.54, 1.807) is 12.7 Å². The number of hydrogen-bond donors (Lipinski definition) is 1. The molecule has 0 bridgehead atoms. The summed E-state index contributed by atoms with van der Waals surface area (Å²) in [6.45, 7) is 8.52. The van der Waals surface area contributed by atoms with Gasteiger partial charge in [-0.05, 0) is 112 Å². The van der Waals surface area contributed by atoms with Gasteiger partial charge < -0.3 is 14.7 Å². The predicted molar refractivity (Wildman–Crippen MR) is 152 cm³/mol. The molecule has 0 aromatic heterocycles. The van der Waals surface area contributed by atoms with Gasteiger partial charge in [-0.3, -0.25) is 4.79 Å². The fraction of sp³-hybridized carbons (Fsp3) is 0.618. The highest BCUT2D eigenvalue weighted by atomic mass is 16.5. The number of hydrogen-bond acceptors (Lipinski definition) is 4. The van der Waals surface area contributed by atoms with Crippen LogP contribution in [0.15, 0.2) is 47.1 Å². The lowest BCUT2D eigenvalue weighted by atomic mass is 9.51. The first-order chi connectivity index (χ1) is 18.1. The molecule has 1 N–H and O–H groups in total. The Hall–Kier alpha value is -2.35. The van der Waals surface area contributed by atoms with Gasteiger partial charge in [0.2, 0.25) is 0 Å². The van der Waals surface area contributed by atoms with Gasteiger partial charge in [0, 0.05) is 43.6 Å². The first kappa shape index (κ1) is 25.9. The largest absolute Gasteiger partial charge is 0.377 e. The number of ketones is 1. The quantitative estimate of drug-likeness (QED) is 0.479. The van der Waals surface area contributed by atoms with Gasteiger partial charge in [-0.15, -0.1) is 0 Å². The van der Waals surface area contributed by atoms with Crippen LogP contribution in [-0.2, 0) is 9.53 Å². The van der Waals surface area contributed by atoms with Crippen molar-refractivity contribution in [3.05, 3.63) is 52.6 Å². The van der Waals surface area contributed by atoms with E-state index in [4.69, 9.17) is 4.74 Å². The van der Waals surface area contributed by atoms with Gasteiger partial charge in [-0.1, -0.05) is 36.5 Å². The van der Waals surface area contributed by atoms with Crippen LogP contribution >= 0.6 is 0 Å². The average Bonchev–Trinajstić information content (AvgIpc) is 3.54. The maximum atomic E-state index is 12.3. The second kappa shape index (κ2) is 9.39. The van der Waals surface area contributed by atoms with Gasteiger partial charge in [0.15, 0.2) is 5.78 Å². The Morgan fingerprint density at radius 1 is 1.08 bits per heavy atom. The van der Waals surface area contributed by atoms with Crippen LogP contribution < -0.4 is 4.90 Å². The predicted octanol–water partition coefficient (Wildman–Crippen LogP) is 6.35. The number of rotatable bonds is 3. The molecule has 3 fully saturated rings. The van der Waals surface area contributed by atoms with Crippen LogP contribution in [-0.4, -0.2) is 42.3 Å². The number of methoxy groups -OCH3 is 1. The Kier molecular flexibility index (Phi) is 6.40. The molecule has 202 valence electrons. The van der Waals surface area contributed by atoms with Crippen LogP contribution in [0.2, 0.25) is 0 Å². The zero-order chi connectivity index (χ0) is 26.7. The number of fused-ring (bicyclic) bond motifs is 4. The Labute approximate surface area is 228 Å². The number of nitrogens with zero attached hydrogens (tertiary/aromatic N) is 1. The van der Waals surface area contributed by atoms with Crippen LogP contribution in [0.3, 0.4) is 0 Å². The fourth-order valence-electron chi connectivity index (χ4n) is 8.37. The Balaban J connectivity index is 1.44. The zero-order valence-electron chi connectivity index (χ0n) is 23.6. The Bertz CT molecular complexity index is 1240. The molecule has 4 aliphatic carbocycles. The number of carbonyl (C=O) groups is 1. The number of aliphatic hydroxyl groups is 1. The third-order valence-electron chi connectivity index (χ3n) is 10.7. The smallest absolute Gasteiger partial charge is 0.156 e. The highest BCUT2D eigenvalue weighted by molar-refractivity contribution is 5.93. The zero-order valence-corrected chi connectivity index (χ0v) is 23.6. The van der Waals surface area contributed by atoms with Gasteiger partial charge in [0.1, 0.15) is 11.2 Å². The van der Waals surface area contributed by atoms with Crippen molar-refractivity contribution in [3.8, 4) is 11.8 Å². The summed E-state index contributed by atoms with van der Waals surface area (Å²) in [5.74, 6) is 7.99. The lowest BCUT2D eigenvalue weighted by Crippen LogP contribution is -2.51. The van der Waals surface area contributed by atoms with E-state index >= 15 is 0 Å². The maximum Gasteiger partial charge on any atom is 0.156 e. The fourth-order valence-corrected chi connectivity index (χ4v) is 8.37. The van der Waals surface area contributed by atoms with E-state index in [0.29, 0.717) is 24.7 Å². The number of anilines is 1. The molecule has 1 aromatic rings. The number of benzene rings is 1. The molecule has 38 heavy (non-hydrogen) atoms. The van der Waals surface area contributed by atoms with Crippen LogP contribution in [0, 0.1) is 29.1 Å². The minimum Gasteiger partial charge on any atom is -0.377 e. The first-order valence-electron chi connectivity index (χ1n) is 14.8. The Morgan fingerprint density at radius 3 is 2.53 bits per heavy atom. The molecule has 0 amide bonds. The second-order valence-electron chi connectivity index (χ2n) is 13.1. The van der Waals surface area contributed by atoms with E-state index in [2.05, 4.69) is 47.9 Å². The SMILES string of the molecule is COC(C)(C)C#C[C@]1(O)CCC2[C@@H]3CCC4=CC(=O)CCC4=C3[C@@H](c3ccc(N4CCCC4)cc3)C[C@@]21C. The number of allylic oxidation sites excluding steroid dienone is 4. The summed E-state index contributed by atoms with van der Waals surface area (Å²) in [6.07, 6.45) is 10.6. The van der Waals surface area contributed by atoms with E-state index in [-0.39, 0.29) is 17.1 Å². The van der Waals surface area contributed by atoms with Crippen molar-refractivity contribution in [1.29, 1.82) is 0 Å². The standard InChI is InChI=1S/C34H43NO3/c1-32(2,38-4)17-18-34(37)16-15-30-28-13-9-24-21-26(36)12-14-27(24)31(28)29(22-33(30,34)3)23-7-10-25(11-8-23)35-19-5-6-20-35/h7-8,10-11,21,28-30,37H,5-6,9,12-16,19-20,22H2,1-4H3/t28-,29+,30?,33-,34+/m0/s1. The van der Waals surface area contributed by atoms with E-state index in [1.807, 2.05) is 19.9 Å². The molecule has 1 aliphatic heterocycles. The number of carbonyl (C=O) groups excluding carboxylic acids is 1. The van der Waals surface area contributed by atoms with E-state index in [0.717, 1.165) is 45.2 Å². The van der Waals surface area contributed by atoms with Crippen molar-refractivity contribution in [2.45, 2.75) is 95.7 Å². The third-order valence-corrected chi connectivity index (χ3v) is 10.7. The third kappa shape index (κ3) is 4.18. The highest BCUT2D eigenvalue weighted by Crippen LogP contribution is 2.66. The van der Waals surface area contributed by atoms with Crippen molar-refractivity contribution < 1.29 is 14.6 Å². The van der Waals surface area contributed by atoms with Gasteiger partial charge in [-0.25, -0.2) is 0 Å². The maximum absolute atomic E-state index is 12.3. The van der Waals surface area contributed by atoms with E-state index in [1.165, 1.54) is 35.2 Å². The molecule has 0 spiro atoms. The normalized spacial score (nSPS) is 34.8. The van der Waals surface area contributed by atoms with Crippen molar-refractivity contribution >= 4 is 11.5 Å². The molecule has 0 radical (unpaired) electrons. The van der Waals surface area contributed by atoms with Crippen molar-refractivity contribution in [2.24, 2.45) is 17.3 Å². The molecular formula is C34H43NO3. The minimum atomic E-state index is -1.03. The number of ether oxygens (including phenoxy) is 1. The monoisotopic (exact) mass is 513 g/mol. The lowest BCUT2D eigenvalue weighted by Gasteiger charge is -2.53. The molecule has 4 heteroatoms. The average molecular weight is 514 g/mol. The lowest BCUT2D eigenvalue weighted by molar-refractivity contribution is -0.114. The molecule has 1 unspecified atom stereocenters. The van der Waals surface area contributed by atoms with Crippen LogP contribution in [0.1, 0.15) is 90.0 Å². The summed E-state index contributed by atoms with van der Waals surface area (Å²) in [7, 11) is 1.68. The highest BCUT2D eigenvalue weighted by Gasteiger charge is 2.62. The van der Waals surface area contributed by atoms with Gasteiger partial charge in [0.05, 0.1) is 0 Å². The Morgan fingerprint density at radius 2 is 1.82 bits per heavy atom. The summed E-state index contributed by atoms with van der Waals surface area (Å²) in [4.78, 5) is 14.8. The summed E-state index contributed by atoms with van der Waals surface area (Å²) in [5.41, 5.74) is 5.05. The minimum absolute atomic E-state index is 0.239. The summed E-state index contributed by atoms with van der Waals surface area (Å²) in [6, 6.07) is 9.29. The summed E-state index contributed by atoms with van der Waals surface area (Å²) < 4.78 is 5.58. The van der Waals surface area contributed by atoms with Crippen LogP contribution in [0.4, 0.5) is 5.69 Å². The molecule has 5 atom stereocenters. The van der Waals surface area contributed by atoms with Crippen molar-refractivity contribution in [1.82, 2.24) is 0 Å². The molecule has 1 heterocycles. The van der Waals surface area contributed by atoms with Crippen LogP contribution in [0.25, 0.3) is 0 Å². The molecule has 1 saturated heterocycles. The second-order valence-corrected chi connectivity index (χ2v) is 13.1. The van der Waals surface area contributed by atoms with Crippen molar-refractivity contribution in [3.63, 3.8) is 0 Å². The van der Waals surface area contributed by atoms with Crippen LogP contribution in [0.5, 0.6) is 0 Å². The molecular weight excluding hydrogens is 470 g/mol. The van der Waals surface area contributed by atoms with Crippen molar-refractivity contribution in [2.75, 3.05) is 25.1 Å². The van der Waals surface area contributed by atoms with E-state index < -0.39 is 11.2 Å². The molecule has 1 aromatic carbocycles. The van der Waals surface area contributed by atoms with Gasteiger partial charge in [0.25, 0.3) is 0 Å². The summed E-state index contributed by atoms with van der Waals surface area (Å²) in [5, 5.41) is 12.2. The van der Waals surface area contributed by atoms with E-state index in [9.17, 15) is 9.90 Å². The summed E-state index contributed by atoms with van der Waals surface area (Å²) >= 11 is 0. The van der Waals surface area contributed by atoms with Gasteiger partial charge >= 0.3 is 0 Å². The van der Waals surface area contributed by atoms with Gasteiger partial charge in [-0.2, -0.15) is 0 Å². The molecule has 6 rings (SSSR count). The molecule has 2 saturated carbocycles. The topological polar surface area (TPSA) is 49.8 Å².